The van der Waals surface area contributed by atoms with E-state index in [0.717, 1.165) is 38.8 Å². The molecule has 0 N–H and O–H groups in total. The molecular weight excluding hydrogens is 436 g/mol. The van der Waals surface area contributed by atoms with Crippen molar-refractivity contribution in [2.75, 3.05) is 18.8 Å². The fraction of sp³-hybridized carbons (Fsp3) is 0.348. The molecule has 0 spiro atoms. The standard InChI is InChI=1S/C23H23F2N3O3S/c24-22(25)31-17-11-9-16(10-12-17)28-21(30)18-7-3-4-8-19(18)26-23(28)32-15-20(29)27-13-5-1-2-6-14-27/h3-4,7-12,22H,1-2,5-6,13-15H2. The first-order valence-corrected chi connectivity index (χ1v) is 11.5. The molecule has 0 unspecified atom stereocenters. The van der Waals surface area contributed by atoms with Gasteiger partial charge < -0.3 is 9.64 Å². The van der Waals surface area contributed by atoms with Crippen LogP contribution in [0.4, 0.5) is 8.78 Å². The van der Waals surface area contributed by atoms with Gasteiger partial charge in [-0.2, -0.15) is 8.78 Å². The topological polar surface area (TPSA) is 64.4 Å². The third-order valence-corrected chi connectivity index (χ3v) is 6.27. The maximum atomic E-state index is 13.3. The number of amides is 1. The number of alkyl halides is 2. The number of hydrogen-bond donors (Lipinski definition) is 0. The molecule has 0 aliphatic carbocycles. The number of benzene rings is 2. The van der Waals surface area contributed by atoms with Crippen LogP contribution in [-0.2, 0) is 4.79 Å². The van der Waals surface area contributed by atoms with Gasteiger partial charge in [-0.3, -0.25) is 14.2 Å². The highest BCUT2D eigenvalue weighted by Crippen LogP contribution is 2.24. The lowest BCUT2D eigenvalue weighted by atomic mass is 10.2. The average molecular weight is 460 g/mol. The number of nitrogens with zero attached hydrogens (tertiary/aromatic N) is 3. The van der Waals surface area contributed by atoms with Crippen molar-refractivity contribution < 1.29 is 18.3 Å². The lowest BCUT2D eigenvalue weighted by Gasteiger charge is -2.20. The quantitative estimate of drug-likeness (QED) is 0.402. The van der Waals surface area contributed by atoms with Crippen LogP contribution in [0.25, 0.3) is 16.6 Å². The minimum Gasteiger partial charge on any atom is -0.435 e. The van der Waals surface area contributed by atoms with Crippen molar-refractivity contribution in [3.05, 3.63) is 58.9 Å². The SMILES string of the molecule is O=C(CSc1nc2ccccc2c(=O)n1-c1ccc(OC(F)F)cc1)N1CCCCCC1. The molecule has 4 rings (SSSR count). The van der Waals surface area contributed by atoms with Gasteiger partial charge in [-0.05, 0) is 49.2 Å². The Bertz CT molecular complexity index is 1140. The van der Waals surface area contributed by atoms with Gasteiger partial charge in [0.15, 0.2) is 5.16 Å². The molecule has 168 valence electrons. The predicted octanol–water partition coefficient (Wildman–Crippen LogP) is 4.48. The zero-order valence-electron chi connectivity index (χ0n) is 17.4. The normalized spacial score (nSPS) is 14.5. The summed E-state index contributed by atoms with van der Waals surface area (Å²) in [4.78, 5) is 32.5. The number of halogens is 2. The van der Waals surface area contributed by atoms with Crippen molar-refractivity contribution in [3.63, 3.8) is 0 Å². The fourth-order valence-electron chi connectivity index (χ4n) is 3.75. The van der Waals surface area contributed by atoms with Crippen molar-refractivity contribution >= 4 is 28.6 Å². The number of aromatic nitrogens is 2. The summed E-state index contributed by atoms with van der Waals surface area (Å²) < 4.78 is 30.8. The van der Waals surface area contributed by atoms with Crippen LogP contribution in [0.2, 0.25) is 0 Å². The van der Waals surface area contributed by atoms with Crippen molar-refractivity contribution in [1.82, 2.24) is 14.5 Å². The van der Waals surface area contributed by atoms with Gasteiger partial charge in [0.2, 0.25) is 5.91 Å². The Hall–Kier alpha value is -2.94. The van der Waals surface area contributed by atoms with E-state index in [1.54, 1.807) is 24.3 Å². The molecule has 0 atom stereocenters. The highest BCUT2D eigenvalue weighted by molar-refractivity contribution is 7.99. The summed E-state index contributed by atoms with van der Waals surface area (Å²) in [5.41, 5.74) is 0.707. The number of rotatable bonds is 6. The van der Waals surface area contributed by atoms with Gasteiger partial charge in [-0.25, -0.2) is 4.98 Å². The van der Waals surface area contributed by atoms with Gasteiger partial charge in [0, 0.05) is 13.1 Å². The Balaban J connectivity index is 1.66. The van der Waals surface area contributed by atoms with Gasteiger partial charge in [0.25, 0.3) is 5.56 Å². The highest BCUT2D eigenvalue weighted by atomic mass is 32.2. The molecular formula is C23H23F2N3O3S. The largest absolute Gasteiger partial charge is 0.435 e. The minimum absolute atomic E-state index is 0.00362. The van der Waals surface area contributed by atoms with Crippen LogP contribution in [0.1, 0.15) is 25.7 Å². The Kier molecular flexibility index (Phi) is 7.04. The molecule has 2 heterocycles. The summed E-state index contributed by atoms with van der Waals surface area (Å²) in [6.07, 6.45) is 4.27. The Morgan fingerprint density at radius 3 is 2.41 bits per heavy atom. The van der Waals surface area contributed by atoms with E-state index in [2.05, 4.69) is 9.72 Å². The van der Waals surface area contributed by atoms with Crippen molar-refractivity contribution in [1.29, 1.82) is 0 Å². The lowest BCUT2D eigenvalue weighted by molar-refractivity contribution is -0.128. The van der Waals surface area contributed by atoms with Gasteiger partial charge in [0.1, 0.15) is 5.75 Å². The maximum absolute atomic E-state index is 13.3. The smallest absolute Gasteiger partial charge is 0.387 e. The van der Waals surface area contributed by atoms with Crippen LogP contribution in [-0.4, -0.2) is 45.8 Å². The number of carbonyl (C=O) groups is 1. The first-order chi connectivity index (χ1) is 15.5. The van der Waals surface area contributed by atoms with Crippen molar-refractivity contribution in [2.45, 2.75) is 37.5 Å². The average Bonchev–Trinajstić information content (AvgIpc) is 3.08. The van der Waals surface area contributed by atoms with E-state index >= 15 is 0 Å². The second-order valence-electron chi connectivity index (χ2n) is 7.51. The molecule has 9 heteroatoms. The first-order valence-electron chi connectivity index (χ1n) is 10.5. The molecule has 2 aromatic carbocycles. The molecule has 1 aliphatic rings. The summed E-state index contributed by atoms with van der Waals surface area (Å²) in [6.45, 7) is -1.42. The second kappa shape index (κ2) is 10.1. The lowest BCUT2D eigenvalue weighted by Crippen LogP contribution is -2.33. The summed E-state index contributed by atoms with van der Waals surface area (Å²) in [7, 11) is 0. The van der Waals surface area contributed by atoms with Crippen molar-refractivity contribution in [3.8, 4) is 11.4 Å². The number of thioether (sulfide) groups is 1. The van der Waals surface area contributed by atoms with E-state index in [1.165, 1.54) is 40.6 Å². The molecule has 0 saturated carbocycles. The second-order valence-corrected chi connectivity index (χ2v) is 8.45. The Labute approximate surface area is 188 Å². The molecule has 1 fully saturated rings. The van der Waals surface area contributed by atoms with Gasteiger partial charge >= 0.3 is 6.61 Å². The molecule has 1 aromatic heterocycles. The monoisotopic (exact) mass is 459 g/mol. The molecule has 1 amide bonds. The summed E-state index contributed by atoms with van der Waals surface area (Å²) in [5, 5.41) is 0.808. The van der Waals surface area contributed by atoms with Crippen LogP contribution < -0.4 is 10.3 Å². The number of fused-ring (bicyclic) bond motifs is 1. The summed E-state index contributed by atoms with van der Waals surface area (Å²) in [5.74, 6) is 0.180. The number of ether oxygens (including phenoxy) is 1. The molecule has 1 saturated heterocycles. The maximum Gasteiger partial charge on any atom is 0.387 e. The van der Waals surface area contributed by atoms with Crippen LogP contribution in [0.3, 0.4) is 0 Å². The van der Waals surface area contributed by atoms with E-state index in [1.807, 2.05) is 4.90 Å². The zero-order chi connectivity index (χ0) is 22.5. The van der Waals surface area contributed by atoms with Gasteiger partial charge in [0.05, 0.1) is 22.3 Å². The number of carbonyl (C=O) groups excluding carboxylic acids is 1. The van der Waals surface area contributed by atoms with Crippen LogP contribution in [0.15, 0.2) is 58.5 Å². The van der Waals surface area contributed by atoms with Gasteiger partial charge in [-0.1, -0.05) is 36.7 Å². The van der Waals surface area contributed by atoms with Crippen molar-refractivity contribution in [2.24, 2.45) is 0 Å². The molecule has 6 nitrogen and oxygen atoms in total. The summed E-state index contributed by atoms with van der Waals surface area (Å²) in [6, 6.07) is 12.8. The number of para-hydroxylation sites is 1. The van der Waals surface area contributed by atoms with Crippen LogP contribution in [0.5, 0.6) is 5.75 Å². The molecule has 1 aliphatic heterocycles. The van der Waals surface area contributed by atoms with Crippen LogP contribution in [0, 0.1) is 0 Å². The van der Waals surface area contributed by atoms with E-state index in [4.69, 9.17) is 0 Å². The minimum atomic E-state index is -2.93. The van der Waals surface area contributed by atoms with E-state index in [-0.39, 0.29) is 23.0 Å². The molecule has 32 heavy (non-hydrogen) atoms. The highest BCUT2D eigenvalue weighted by Gasteiger charge is 2.19. The number of hydrogen-bond acceptors (Lipinski definition) is 5. The molecule has 0 bridgehead atoms. The molecule has 3 aromatic rings. The fourth-order valence-corrected chi connectivity index (χ4v) is 4.67. The first kappa shape index (κ1) is 22.3. The number of likely N-dealkylation sites (tertiary alicyclic amines) is 1. The van der Waals surface area contributed by atoms with E-state index in [0.29, 0.717) is 21.7 Å². The van der Waals surface area contributed by atoms with E-state index < -0.39 is 6.61 Å². The Morgan fingerprint density at radius 2 is 1.72 bits per heavy atom. The predicted molar refractivity (Wildman–Crippen MR) is 120 cm³/mol. The van der Waals surface area contributed by atoms with E-state index in [9.17, 15) is 18.4 Å². The van der Waals surface area contributed by atoms with Gasteiger partial charge in [-0.15, -0.1) is 0 Å². The zero-order valence-corrected chi connectivity index (χ0v) is 18.2. The Morgan fingerprint density at radius 1 is 1.03 bits per heavy atom. The third-order valence-electron chi connectivity index (χ3n) is 5.35. The molecule has 0 radical (unpaired) electrons. The summed E-state index contributed by atoms with van der Waals surface area (Å²) >= 11 is 1.20. The van der Waals surface area contributed by atoms with Crippen LogP contribution >= 0.6 is 11.8 Å². The third kappa shape index (κ3) is 5.09.